The summed E-state index contributed by atoms with van der Waals surface area (Å²) >= 11 is 0. The Bertz CT molecular complexity index is 763. The maximum atomic E-state index is 12.2. The number of hydrogen-bond acceptors (Lipinski definition) is 4. The predicted octanol–water partition coefficient (Wildman–Crippen LogP) is 0.452. The van der Waals surface area contributed by atoms with Gasteiger partial charge in [-0.2, -0.15) is 0 Å². The number of nitrogens with zero attached hydrogens (tertiary/aromatic N) is 1. The topological polar surface area (TPSA) is 76.5 Å². The molecule has 6 heteroatoms. The molecule has 6 nitrogen and oxygen atoms in total. The molecule has 2 heterocycles. The second-order valence-electron chi connectivity index (χ2n) is 6.15. The fourth-order valence-electron chi connectivity index (χ4n) is 3.33. The molecule has 0 saturated carbocycles. The lowest BCUT2D eigenvalue weighted by atomic mass is 9.96. The van der Waals surface area contributed by atoms with Gasteiger partial charge in [0.25, 0.3) is 5.56 Å². The third-order valence-corrected chi connectivity index (χ3v) is 4.82. The number of rotatable bonds is 3. The average molecular weight is 316 g/mol. The van der Waals surface area contributed by atoms with Gasteiger partial charge in [0.1, 0.15) is 6.04 Å². The van der Waals surface area contributed by atoms with Crippen molar-refractivity contribution in [1.82, 2.24) is 9.97 Å². The Morgan fingerprint density at radius 2 is 2.04 bits per heavy atom. The summed E-state index contributed by atoms with van der Waals surface area (Å²) in [5, 5.41) is 0.614. The Hall–Kier alpha value is -2.21. The predicted molar refractivity (Wildman–Crippen MR) is 86.2 cm³/mol. The Morgan fingerprint density at radius 1 is 1.35 bits per heavy atom. The lowest BCUT2D eigenvalue weighted by molar-refractivity contribution is -0.935. The number of methoxy groups -OCH3 is 1. The molecule has 1 aromatic heterocycles. The number of piperidine rings is 1. The SMILES string of the molecule is COC(=O)C1CC[NH+]([C@@H](C)c2nc3ccccc3c(=O)[nH]2)CC1. The van der Waals surface area contributed by atoms with Crippen LogP contribution in [0.1, 0.15) is 31.6 Å². The molecule has 0 aliphatic carbocycles. The van der Waals surface area contributed by atoms with Crippen LogP contribution >= 0.6 is 0 Å². The van der Waals surface area contributed by atoms with Crippen molar-refractivity contribution in [1.29, 1.82) is 0 Å². The number of ether oxygens (including phenoxy) is 1. The number of quaternary nitrogens is 1. The van der Waals surface area contributed by atoms with E-state index < -0.39 is 0 Å². The van der Waals surface area contributed by atoms with E-state index in [1.54, 1.807) is 6.07 Å². The summed E-state index contributed by atoms with van der Waals surface area (Å²) in [7, 11) is 1.44. The molecule has 0 unspecified atom stereocenters. The number of nitrogens with one attached hydrogen (secondary N) is 2. The van der Waals surface area contributed by atoms with E-state index in [0.29, 0.717) is 11.2 Å². The van der Waals surface area contributed by atoms with Crippen LogP contribution in [0.15, 0.2) is 29.1 Å². The second-order valence-corrected chi connectivity index (χ2v) is 6.15. The van der Waals surface area contributed by atoms with Crippen LogP contribution in [0.5, 0.6) is 0 Å². The number of fused-ring (bicyclic) bond motifs is 1. The Balaban J connectivity index is 1.78. The minimum absolute atomic E-state index is 0.000406. The summed E-state index contributed by atoms with van der Waals surface area (Å²) in [6.45, 7) is 3.82. The van der Waals surface area contributed by atoms with Gasteiger partial charge in [0, 0.05) is 12.8 Å². The number of hydrogen-bond donors (Lipinski definition) is 2. The first-order valence-corrected chi connectivity index (χ1v) is 8.01. The zero-order chi connectivity index (χ0) is 16.4. The van der Waals surface area contributed by atoms with E-state index in [4.69, 9.17) is 4.74 Å². The van der Waals surface area contributed by atoms with E-state index in [1.807, 2.05) is 18.2 Å². The van der Waals surface area contributed by atoms with Crippen molar-refractivity contribution < 1.29 is 14.4 Å². The van der Waals surface area contributed by atoms with Crippen LogP contribution in [0.3, 0.4) is 0 Å². The number of benzene rings is 1. The third kappa shape index (κ3) is 3.12. The van der Waals surface area contributed by atoms with Gasteiger partial charge in [0.2, 0.25) is 0 Å². The quantitative estimate of drug-likeness (QED) is 0.806. The molecule has 1 saturated heterocycles. The van der Waals surface area contributed by atoms with Crippen LogP contribution in [0, 0.1) is 5.92 Å². The third-order valence-electron chi connectivity index (χ3n) is 4.82. The maximum Gasteiger partial charge on any atom is 0.309 e. The summed E-state index contributed by atoms with van der Waals surface area (Å²) in [5.74, 6) is 0.591. The summed E-state index contributed by atoms with van der Waals surface area (Å²) in [6.07, 6.45) is 1.62. The van der Waals surface area contributed by atoms with E-state index >= 15 is 0 Å². The first-order chi connectivity index (χ1) is 11.1. The van der Waals surface area contributed by atoms with Crippen LogP contribution in [-0.4, -0.2) is 36.1 Å². The highest BCUT2D eigenvalue weighted by molar-refractivity contribution is 5.77. The number of likely N-dealkylation sites (tertiary alicyclic amines) is 1. The van der Waals surface area contributed by atoms with Gasteiger partial charge in [-0.3, -0.25) is 9.59 Å². The smallest absolute Gasteiger partial charge is 0.309 e. The van der Waals surface area contributed by atoms with Gasteiger partial charge in [-0.15, -0.1) is 0 Å². The van der Waals surface area contributed by atoms with Crippen LogP contribution in [0.2, 0.25) is 0 Å². The highest BCUT2D eigenvalue weighted by atomic mass is 16.5. The summed E-state index contributed by atoms with van der Waals surface area (Å²) < 4.78 is 4.83. The Kier molecular flexibility index (Phi) is 4.43. The first-order valence-electron chi connectivity index (χ1n) is 8.01. The summed E-state index contributed by atoms with van der Waals surface area (Å²) in [6, 6.07) is 7.46. The molecule has 122 valence electrons. The number of para-hydroxylation sites is 1. The van der Waals surface area contributed by atoms with Gasteiger partial charge >= 0.3 is 5.97 Å². The standard InChI is InChI=1S/C17H21N3O3/c1-11(20-9-7-12(8-10-20)17(22)23-2)15-18-14-6-4-3-5-13(14)16(21)19-15/h3-6,11-12H,7-10H2,1-2H3,(H,18,19,21)/p+1/t11-/m0/s1. The van der Waals surface area contributed by atoms with Crippen molar-refractivity contribution in [3.05, 3.63) is 40.4 Å². The molecule has 23 heavy (non-hydrogen) atoms. The zero-order valence-corrected chi connectivity index (χ0v) is 13.5. The number of carbonyl (C=O) groups excluding carboxylic acids is 1. The number of carbonyl (C=O) groups is 1. The van der Waals surface area contributed by atoms with Crippen molar-refractivity contribution in [3.63, 3.8) is 0 Å². The molecule has 3 rings (SSSR count). The molecule has 1 aromatic carbocycles. The van der Waals surface area contributed by atoms with E-state index in [-0.39, 0.29) is 23.5 Å². The molecule has 0 spiro atoms. The van der Waals surface area contributed by atoms with E-state index in [2.05, 4.69) is 16.9 Å². The van der Waals surface area contributed by atoms with Crippen LogP contribution in [0.4, 0.5) is 0 Å². The largest absolute Gasteiger partial charge is 0.469 e. The van der Waals surface area contributed by atoms with Gasteiger partial charge in [-0.25, -0.2) is 4.98 Å². The Morgan fingerprint density at radius 3 is 2.74 bits per heavy atom. The zero-order valence-electron chi connectivity index (χ0n) is 13.5. The Labute approximate surface area is 134 Å². The summed E-state index contributed by atoms with van der Waals surface area (Å²) in [4.78, 5) is 32.7. The fraction of sp³-hybridized carbons (Fsp3) is 0.471. The molecule has 1 fully saturated rings. The number of H-pyrrole nitrogens is 1. The van der Waals surface area contributed by atoms with Gasteiger partial charge in [-0.05, 0) is 19.1 Å². The van der Waals surface area contributed by atoms with Crippen LogP contribution < -0.4 is 10.5 Å². The monoisotopic (exact) mass is 316 g/mol. The van der Waals surface area contributed by atoms with Crippen LogP contribution in [0.25, 0.3) is 10.9 Å². The van der Waals surface area contributed by atoms with Gasteiger partial charge in [0.15, 0.2) is 5.82 Å². The number of aromatic amines is 1. The molecular weight excluding hydrogens is 294 g/mol. The highest BCUT2D eigenvalue weighted by Gasteiger charge is 2.32. The molecule has 0 bridgehead atoms. The molecule has 1 aliphatic rings. The molecule has 0 amide bonds. The van der Waals surface area contributed by atoms with Crippen molar-refractivity contribution >= 4 is 16.9 Å². The van der Waals surface area contributed by atoms with Crippen molar-refractivity contribution in [2.75, 3.05) is 20.2 Å². The van der Waals surface area contributed by atoms with Gasteiger partial charge in [-0.1, -0.05) is 12.1 Å². The molecule has 2 N–H and O–H groups in total. The molecule has 1 atom stereocenters. The second kappa shape index (κ2) is 6.50. The van der Waals surface area contributed by atoms with E-state index in [9.17, 15) is 9.59 Å². The van der Waals surface area contributed by atoms with E-state index in [0.717, 1.165) is 31.4 Å². The van der Waals surface area contributed by atoms with E-state index in [1.165, 1.54) is 12.0 Å². The van der Waals surface area contributed by atoms with Crippen LogP contribution in [-0.2, 0) is 9.53 Å². The van der Waals surface area contributed by atoms with Gasteiger partial charge < -0.3 is 14.6 Å². The molecule has 2 aromatic rings. The molecule has 1 aliphatic heterocycles. The minimum Gasteiger partial charge on any atom is -0.469 e. The highest BCUT2D eigenvalue weighted by Crippen LogP contribution is 2.14. The maximum absolute atomic E-state index is 12.2. The lowest BCUT2D eigenvalue weighted by Gasteiger charge is -2.31. The fourth-order valence-corrected chi connectivity index (χ4v) is 3.33. The van der Waals surface area contributed by atoms with Crippen molar-refractivity contribution in [2.45, 2.75) is 25.8 Å². The molecule has 0 radical (unpaired) electrons. The minimum atomic E-state index is -0.117. The first kappa shape index (κ1) is 15.7. The van der Waals surface area contributed by atoms with Gasteiger partial charge in [0.05, 0.1) is 37.0 Å². The number of esters is 1. The number of aromatic nitrogens is 2. The normalized spacial score (nSPS) is 22.7. The lowest BCUT2D eigenvalue weighted by Crippen LogP contribution is -3.13. The average Bonchev–Trinajstić information content (AvgIpc) is 2.60. The molecular formula is C17H22N3O3+. The van der Waals surface area contributed by atoms with Crippen molar-refractivity contribution in [2.24, 2.45) is 5.92 Å². The van der Waals surface area contributed by atoms with Crippen molar-refractivity contribution in [3.8, 4) is 0 Å². The summed E-state index contributed by atoms with van der Waals surface area (Å²) in [5.41, 5.74) is 0.628.